The Morgan fingerprint density at radius 3 is 2.88 bits per heavy atom. The van der Waals surface area contributed by atoms with Crippen molar-refractivity contribution in [2.45, 2.75) is 6.92 Å². The lowest BCUT2D eigenvalue weighted by Crippen LogP contribution is -2.33. The van der Waals surface area contributed by atoms with Crippen LogP contribution in [0.2, 0.25) is 5.02 Å². The Labute approximate surface area is 115 Å². The Bertz CT molecular complexity index is 398. The number of hydrogen-bond donors (Lipinski definition) is 1. The van der Waals surface area contributed by atoms with E-state index in [9.17, 15) is 4.79 Å². The summed E-state index contributed by atoms with van der Waals surface area (Å²) in [5, 5.41) is 3.30. The van der Waals surface area contributed by atoms with Crippen LogP contribution in [-0.4, -0.2) is 37.5 Å². The first-order chi connectivity index (χ1) is 8.06. The van der Waals surface area contributed by atoms with E-state index in [0.29, 0.717) is 17.1 Å². The Kier molecular flexibility index (Phi) is 5.95. The molecule has 3 nitrogen and oxygen atoms in total. The van der Waals surface area contributed by atoms with Crippen LogP contribution in [0.4, 0.5) is 0 Å². The molecule has 0 heterocycles. The average Bonchev–Trinajstić information content (AvgIpc) is 2.32. The van der Waals surface area contributed by atoms with Crippen LogP contribution in [0.5, 0.6) is 0 Å². The largest absolute Gasteiger partial charge is 0.351 e. The van der Waals surface area contributed by atoms with E-state index in [2.05, 4.69) is 33.1 Å². The average molecular weight is 320 g/mol. The molecule has 1 amide bonds. The van der Waals surface area contributed by atoms with Crippen molar-refractivity contribution in [2.24, 2.45) is 0 Å². The van der Waals surface area contributed by atoms with E-state index in [1.165, 1.54) is 0 Å². The summed E-state index contributed by atoms with van der Waals surface area (Å²) in [6.07, 6.45) is 0. The van der Waals surface area contributed by atoms with Gasteiger partial charge in [-0.2, -0.15) is 0 Å². The maximum Gasteiger partial charge on any atom is 0.252 e. The zero-order valence-corrected chi connectivity index (χ0v) is 12.3. The molecule has 0 bridgehead atoms. The summed E-state index contributed by atoms with van der Waals surface area (Å²) < 4.78 is 0.734. The second-order valence-electron chi connectivity index (χ2n) is 3.75. The highest BCUT2D eigenvalue weighted by Gasteiger charge is 2.11. The van der Waals surface area contributed by atoms with Crippen molar-refractivity contribution < 1.29 is 4.79 Å². The van der Waals surface area contributed by atoms with Gasteiger partial charge in [-0.05, 0) is 41.7 Å². The molecule has 1 aromatic carbocycles. The Balaban J connectivity index is 2.56. The lowest BCUT2D eigenvalue weighted by atomic mass is 10.2. The van der Waals surface area contributed by atoms with Gasteiger partial charge in [-0.15, -0.1) is 0 Å². The zero-order chi connectivity index (χ0) is 12.8. The van der Waals surface area contributed by atoms with E-state index < -0.39 is 0 Å². The predicted octanol–water partition coefficient (Wildman–Crippen LogP) is 2.78. The van der Waals surface area contributed by atoms with Crippen LogP contribution >= 0.6 is 27.5 Å². The lowest BCUT2D eigenvalue weighted by Gasteiger charge is -2.14. The van der Waals surface area contributed by atoms with Crippen molar-refractivity contribution in [3.05, 3.63) is 33.3 Å². The molecule has 0 fully saturated rings. The van der Waals surface area contributed by atoms with Crippen molar-refractivity contribution in [3.63, 3.8) is 0 Å². The second kappa shape index (κ2) is 6.99. The van der Waals surface area contributed by atoms with E-state index in [1.807, 2.05) is 13.1 Å². The predicted molar refractivity (Wildman–Crippen MR) is 74.7 cm³/mol. The van der Waals surface area contributed by atoms with Gasteiger partial charge in [0.15, 0.2) is 0 Å². The fourth-order valence-corrected chi connectivity index (χ4v) is 1.87. The van der Waals surface area contributed by atoms with Crippen LogP contribution in [0, 0.1) is 0 Å². The maximum absolute atomic E-state index is 11.9. The van der Waals surface area contributed by atoms with Crippen molar-refractivity contribution in [2.75, 3.05) is 26.7 Å². The quantitative estimate of drug-likeness (QED) is 0.905. The molecule has 0 aromatic heterocycles. The third-order valence-electron chi connectivity index (χ3n) is 2.52. The van der Waals surface area contributed by atoms with Gasteiger partial charge in [0.25, 0.3) is 5.91 Å². The number of benzene rings is 1. The topological polar surface area (TPSA) is 32.3 Å². The van der Waals surface area contributed by atoms with Gasteiger partial charge in [0, 0.05) is 17.6 Å². The molecule has 0 unspecified atom stereocenters. The summed E-state index contributed by atoms with van der Waals surface area (Å²) >= 11 is 9.34. The zero-order valence-electron chi connectivity index (χ0n) is 9.96. The number of likely N-dealkylation sites (N-methyl/N-ethyl adjacent to an activating group) is 1. The molecule has 17 heavy (non-hydrogen) atoms. The number of carbonyl (C=O) groups excluding carboxylic acids is 1. The third-order valence-corrected chi connectivity index (χ3v) is 3.81. The van der Waals surface area contributed by atoms with E-state index in [1.54, 1.807) is 12.1 Å². The fraction of sp³-hybridized carbons (Fsp3) is 0.417. The van der Waals surface area contributed by atoms with E-state index in [-0.39, 0.29) is 5.91 Å². The number of carbonyl (C=O) groups is 1. The molecule has 0 saturated heterocycles. The van der Waals surface area contributed by atoms with Gasteiger partial charge in [-0.3, -0.25) is 4.79 Å². The molecule has 0 spiro atoms. The van der Waals surface area contributed by atoms with Crippen molar-refractivity contribution in [3.8, 4) is 0 Å². The summed E-state index contributed by atoms with van der Waals surface area (Å²) in [5.41, 5.74) is 0.500. The van der Waals surface area contributed by atoms with Gasteiger partial charge >= 0.3 is 0 Å². The fourth-order valence-electron chi connectivity index (χ4n) is 1.29. The number of hydrogen-bond acceptors (Lipinski definition) is 2. The molecule has 94 valence electrons. The highest BCUT2D eigenvalue weighted by Crippen LogP contribution is 2.25. The summed E-state index contributed by atoms with van der Waals surface area (Å²) in [6.45, 7) is 4.49. The van der Waals surface area contributed by atoms with E-state index in [0.717, 1.165) is 17.6 Å². The molecule has 1 rings (SSSR count). The van der Waals surface area contributed by atoms with Gasteiger partial charge < -0.3 is 10.2 Å². The van der Waals surface area contributed by atoms with Crippen LogP contribution in [0.15, 0.2) is 22.7 Å². The molecular weight excluding hydrogens is 304 g/mol. The Morgan fingerprint density at radius 1 is 1.53 bits per heavy atom. The van der Waals surface area contributed by atoms with Crippen molar-refractivity contribution >= 4 is 33.4 Å². The molecule has 5 heteroatoms. The molecule has 0 saturated carbocycles. The molecule has 0 aliphatic rings. The molecule has 0 radical (unpaired) electrons. The number of halogens is 2. The number of nitrogens with zero attached hydrogens (tertiary/aromatic N) is 1. The van der Waals surface area contributed by atoms with Crippen LogP contribution in [0.1, 0.15) is 17.3 Å². The maximum atomic E-state index is 11.9. The van der Waals surface area contributed by atoms with Crippen molar-refractivity contribution in [1.82, 2.24) is 10.2 Å². The highest BCUT2D eigenvalue weighted by molar-refractivity contribution is 9.10. The van der Waals surface area contributed by atoms with Crippen LogP contribution in [0.25, 0.3) is 0 Å². The lowest BCUT2D eigenvalue weighted by molar-refractivity contribution is 0.0950. The van der Waals surface area contributed by atoms with Crippen molar-refractivity contribution in [1.29, 1.82) is 0 Å². The summed E-state index contributed by atoms with van der Waals surface area (Å²) in [4.78, 5) is 14.0. The smallest absolute Gasteiger partial charge is 0.252 e. The standard InChI is InChI=1S/C12H16BrClN2O/c1-3-16(2)8-7-15-12(17)9-5-4-6-10(13)11(9)14/h4-6H,3,7-8H2,1-2H3,(H,15,17). The normalized spacial score (nSPS) is 10.6. The molecule has 1 aromatic rings. The van der Waals surface area contributed by atoms with Gasteiger partial charge in [0.2, 0.25) is 0 Å². The van der Waals surface area contributed by atoms with Crippen LogP contribution in [-0.2, 0) is 0 Å². The minimum atomic E-state index is -0.138. The number of nitrogens with one attached hydrogen (secondary N) is 1. The van der Waals surface area contributed by atoms with Crippen LogP contribution in [0.3, 0.4) is 0 Å². The number of rotatable bonds is 5. The summed E-state index contributed by atoms with van der Waals surface area (Å²) in [6, 6.07) is 5.32. The van der Waals surface area contributed by atoms with Crippen LogP contribution < -0.4 is 5.32 Å². The molecule has 0 aliphatic heterocycles. The van der Waals surface area contributed by atoms with E-state index >= 15 is 0 Å². The van der Waals surface area contributed by atoms with Gasteiger partial charge in [-0.25, -0.2) is 0 Å². The summed E-state index contributed by atoms with van der Waals surface area (Å²) in [7, 11) is 2.01. The summed E-state index contributed by atoms with van der Waals surface area (Å²) in [5.74, 6) is -0.138. The molecular formula is C12H16BrClN2O. The molecule has 0 atom stereocenters. The Hall–Kier alpha value is -0.580. The van der Waals surface area contributed by atoms with Gasteiger partial charge in [0.1, 0.15) is 0 Å². The minimum absolute atomic E-state index is 0.138. The third kappa shape index (κ3) is 4.30. The SMILES string of the molecule is CCN(C)CCNC(=O)c1cccc(Br)c1Cl. The van der Waals surface area contributed by atoms with Gasteiger partial charge in [-0.1, -0.05) is 24.6 Å². The molecule has 0 aliphatic carbocycles. The first-order valence-corrected chi connectivity index (χ1v) is 6.64. The Morgan fingerprint density at radius 2 is 2.24 bits per heavy atom. The van der Waals surface area contributed by atoms with E-state index in [4.69, 9.17) is 11.6 Å². The minimum Gasteiger partial charge on any atom is -0.351 e. The first kappa shape index (κ1) is 14.5. The van der Waals surface area contributed by atoms with Gasteiger partial charge in [0.05, 0.1) is 10.6 Å². The second-order valence-corrected chi connectivity index (χ2v) is 4.99. The molecule has 1 N–H and O–H groups in total. The number of amides is 1. The first-order valence-electron chi connectivity index (χ1n) is 5.47. The highest BCUT2D eigenvalue weighted by atomic mass is 79.9. The monoisotopic (exact) mass is 318 g/mol.